The molecule has 0 aliphatic carbocycles. The minimum atomic E-state index is 0. The van der Waals surface area contributed by atoms with Crippen LogP contribution in [-0.2, 0) is 4.74 Å². The molecule has 26 heavy (non-hydrogen) atoms. The third kappa shape index (κ3) is 7.95. The number of aliphatic imine (C=N–C) groups is 1. The van der Waals surface area contributed by atoms with Crippen molar-refractivity contribution in [3.8, 4) is 5.75 Å². The zero-order chi connectivity index (χ0) is 18.1. The van der Waals surface area contributed by atoms with Crippen molar-refractivity contribution < 1.29 is 9.47 Å². The molecule has 0 radical (unpaired) electrons. The molecule has 0 saturated heterocycles. The van der Waals surface area contributed by atoms with Crippen LogP contribution in [0.1, 0.15) is 24.0 Å². The molecule has 1 heterocycles. The van der Waals surface area contributed by atoms with Crippen LogP contribution in [0.4, 0.5) is 0 Å². The number of hydrogen-bond donors (Lipinski definition) is 1. The number of likely N-dealkylation sites (N-methyl/N-ethyl adjacent to an activating group) is 1. The van der Waals surface area contributed by atoms with E-state index in [4.69, 9.17) is 9.47 Å². The van der Waals surface area contributed by atoms with Gasteiger partial charge in [0.25, 0.3) is 0 Å². The van der Waals surface area contributed by atoms with Crippen LogP contribution in [0.25, 0.3) is 0 Å². The van der Waals surface area contributed by atoms with Gasteiger partial charge in [0.2, 0.25) is 0 Å². The Labute approximate surface area is 174 Å². The van der Waals surface area contributed by atoms with Gasteiger partial charge in [0, 0.05) is 20.6 Å². The molecule has 146 valence electrons. The van der Waals surface area contributed by atoms with Gasteiger partial charge in [-0.1, -0.05) is 17.7 Å². The van der Waals surface area contributed by atoms with E-state index in [0.29, 0.717) is 6.61 Å². The highest BCUT2D eigenvalue weighted by Crippen LogP contribution is 2.16. The van der Waals surface area contributed by atoms with Crippen LogP contribution in [0, 0.1) is 13.8 Å². The molecule has 5 nitrogen and oxygen atoms in total. The lowest BCUT2D eigenvalue weighted by atomic mass is 10.1. The molecule has 1 aromatic rings. The second-order valence-corrected chi connectivity index (χ2v) is 6.50. The number of rotatable bonds is 7. The SMILES string of the molecule is CN=C(NCCC1=CCOCC1)N(C)CCOc1cc(C)cc(C)c1.I. The van der Waals surface area contributed by atoms with Gasteiger partial charge in [-0.15, -0.1) is 24.0 Å². The highest BCUT2D eigenvalue weighted by molar-refractivity contribution is 14.0. The Kier molecular flexibility index (Phi) is 10.7. The van der Waals surface area contributed by atoms with Crippen molar-refractivity contribution >= 4 is 29.9 Å². The average molecular weight is 473 g/mol. The van der Waals surface area contributed by atoms with Crippen LogP contribution in [0.5, 0.6) is 5.75 Å². The maximum Gasteiger partial charge on any atom is 0.193 e. The monoisotopic (exact) mass is 473 g/mol. The normalized spacial score (nSPS) is 14.3. The van der Waals surface area contributed by atoms with Gasteiger partial charge >= 0.3 is 0 Å². The number of ether oxygens (including phenoxy) is 2. The predicted octanol–water partition coefficient (Wildman–Crippen LogP) is 3.54. The second kappa shape index (κ2) is 12.2. The molecule has 1 aliphatic heterocycles. The van der Waals surface area contributed by atoms with Gasteiger partial charge < -0.3 is 19.7 Å². The Morgan fingerprint density at radius 3 is 2.62 bits per heavy atom. The Morgan fingerprint density at radius 1 is 1.27 bits per heavy atom. The molecule has 0 aromatic heterocycles. The van der Waals surface area contributed by atoms with Crippen LogP contribution < -0.4 is 10.1 Å². The minimum Gasteiger partial charge on any atom is -0.492 e. The third-order valence-electron chi connectivity index (χ3n) is 4.25. The van der Waals surface area contributed by atoms with Gasteiger partial charge in [-0.2, -0.15) is 0 Å². The number of guanidine groups is 1. The lowest BCUT2D eigenvalue weighted by Gasteiger charge is -2.23. The van der Waals surface area contributed by atoms with Crippen molar-refractivity contribution in [2.45, 2.75) is 26.7 Å². The molecular formula is C20H32IN3O2. The fourth-order valence-electron chi connectivity index (χ4n) is 2.93. The second-order valence-electron chi connectivity index (χ2n) is 6.50. The Hall–Kier alpha value is -1.28. The predicted molar refractivity (Wildman–Crippen MR) is 119 cm³/mol. The van der Waals surface area contributed by atoms with Crippen LogP contribution >= 0.6 is 24.0 Å². The number of benzene rings is 1. The van der Waals surface area contributed by atoms with Crippen molar-refractivity contribution in [1.82, 2.24) is 10.2 Å². The fourth-order valence-corrected chi connectivity index (χ4v) is 2.93. The topological polar surface area (TPSA) is 46.1 Å². The number of halogens is 1. The summed E-state index contributed by atoms with van der Waals surface area (Å²) >= 11 is 0. The molecule has 2 rings (SSSR count). The fraction of sp³-hybridized carbons (Fsp3) is 0.550. The lowest BCUT2D eigenvalue weighted by Crippen LogP contribution is -2.41. The summed E-state index contributed by atoms with van der Waals surface area (Å²) in [6.45, 7) is 8.07. The van der Waals surface area contributed by atoms with E-state index >= 15 is 0 Å². The summed E-state index contributed by atoms with van der Waals surface area (Å²) < 4.78 is 11.2. The molecular weight excluding hydrogens is 441 g/mol. The van der Waals surface area contributed by atoms with Gasteiger partial charge in [-0.05, 0) is 49.9 Å². The number of aryl methyl sites for hydroxylation is 2. The van der Waals surface area contributed by atoms with Gasteiger partial charge in [-0.3, -0.25) is 4.99 Å². The first-order valence-corrected chi connectivity index (χ1v) is 8.97. The minimum absolute atomic E-state index is 0. The number of nitrogens with one attached hydrogen (secondary N) is 1. The zero-order valence-electron chi connectivity index (χ0n) is 16.4. The molecule has 6 heteroatoms. The van der Waals surface area contributed by atoms with Crippen molar-refractivity contribution in [1.29, 1.82) is 0 Å². The molecule has 1 N–H and O–H groups in total. The molecule has 0 spiro atoms. The molecule has 0 amide bonds. The standard InChI is InChI=1S/C20H31N3O2.HI/c1-16-13-17(2)15-19(14-16)25-12-9-23(4)20(21-3)22-8-5-18-6-10-24-11-7-18;/h6,13-15H,5,7-12H2,1-4H3,(H,21,22);1H. The summed E-state index contributed by atoms with van der Waals surface area (Å²) in [4.78, 5) is 6.45. The maximum atomic E-state index is 5.89. The van der Waals surface area contributed by atoms with Crippen molar-refractivity contribution in [3.63, 3.8) is 0 Å². The summed E-state index contributed by atoms with van der Waals surface area (Å²) in [6.07, 6.45) is 4.27. The van der Waals surface area contributed by atoms with E-state index in [2.05, 4.69) is 53.3 Å². The van der Waals surface area contributed by atoms with E-state index in [-0.39, 0.29) is 24.0 Å². The van der Waals surface area contributed by atoms with E-state index < -0.39 is 0 Å². The van der Waals surface area contributed by atoms with E-state index in [1.165, 1.54) is 16.7 Å². The summed E-state index contributed by atoms with van der Waals surface area (Å²) in [7, 11) is 3.85. The van der Waals surface area contributed by atoms with Crippen molar-refractivity contribution in [2.24, 2.45) is 4.99 Å². The third-order valence-corrected chi connectivity index (χ3v) is 4.25. The molecule has 0 unspecified atom stereocenters. The van der Waals surface area contributed by atoms with Crippen molar-refractivity contribution in [3.05, 3.63) is 41.0 Å². The number of nitrogens with zero attached hydrogens (tertiary/aromatic N) is 2. The van der Waals surface area contributed by atoms with Crippen molar-refractivity contribution in [2.75, 3.05) is 47.0 Å². The largest absolute Gasteiger partial charge is 0.492 e. The van der Waals surface area contributed by atoms with E-state index in [9.17, 15) is 0 Å². The summed E-state index contributed by atoms with van der Waals surface area (Å²) in [5.41, 5.74) is 3.92. The Balaban J connectivity index is 0.00000338. The van der Waals surface area contributed by atoms with E-state index in [1.54, 1.807) is 0 Å². The first-order chi connectivity index (χ1) is 12.1. The molecule has 0 saturated carbocycles. The summed E-state index contributed by atoms with van der Waals surface area (Å²) in [5.74, 6) is 1.83. The first kappa shape index (κ1) is 22.8. The highest BCUT2D eigenvalue weighted by Gasteiger charge is 2.08. The summed E-state index contributed by atoms with van der Waals surface area (Å²) in [6, 6.07) is 6.29. The maximum absolute atomic E-state index is 5.89. The van der Waals surface area contributed by atoms with Crippen LogP contribution in [0.3, 0.4) is 0 Å². The first-order valence-electron chi connectivity index (χ1n) is 8.97. The Bertz CT molecular complexity index is 597. The molecule has 1 aliphatic rings. The van der Waals surface area contributed by atoms with Gasteiger partial charge in [0.05, 0.1) is 19.8 Å². The van der Waals surface area contributed by atoms with Crippen LogP contribution in [-0.4, -0.2) is 57.9 Å². The van der Waals surface area contributed by atoms with Gasteiger partial charge in [0.15, 0.2) is 5.96 Å². The Morgan fingerprint density at radius 2 is 2.00 bits per heavy atom. The van der Waals surface area contributed by atoms with Crippen LogP contribution in [0.15, 0.2) is 34.8 Å². The molecule has 0 fully saturated rings. The highest BCUT2D eigenvalue weighted by atomic mass is 127. The van der Waals surface area contributed by atoms with E-state index in [0.717, 1.165) is 50.9 Å². The zero-order valence-corrected chi connectivity index (χ0v) is 18.7. The van der Waals surface area contributed by atoms with Gasteiger partial charge in [0.1, 0.15) is 12.4 Å². The van der Waals surface area contributed by atoms with Gasteiger partial charge in [-0.25, -0.2) is 0 Å². The quantitative estimate of drug-likeness (QED) is 0.285. The lowest BCUT2D eigenvalue weighted by molar-refractivity contribution is 0.153. The van der Waals surface area contributed by atoms with Crippen LogP contribution in [0.2, 0.25) is 0 Å². The number of hydrogen-bond acceptors (Lipinski definition) is 3. The molecule has 0 bridgehead atoms. The summed E-state index contributed by atoms with van der Waals surface area (Å²) in [5, 5.41) is 3.42. The van der Waals surface area contributed by atoms with E-state index in [1.807, 2.05) is 14.1 Å². The molecule has 0 atom stereocenters. The molecule has 1 aromatic carbocycles. The average Bonchev–Trinajstić information content (AvgIpc) is 2.58. The smallest absolute Gasteiger partial charge is 0.193 e.